The second kappa shape index (κ2) is 3.68. The molecule has 0 unspecified atom stereocenters. The molecule has 0 aromatic heterocycles. The van der Waals surface area contributed by atoms with Gasteiger partial charge in [-0.2, -0.15) is 5.26 Å². The van der Waals surface area contributed by atoms with E-state index in [-0.39, 0.29) is 17.6 Å². The number of rotatable bonds is 2. The van der Waals surface area contributed by atoms with Gasteiger partial charge in [0.25, 0.3) is 0 Å². The lowest BCUT2D eigenvalue weighted by Crippen LogP contribution is -2.34. The quantitative estimate of drug-likeness (QED) is 0.622. The van der Waals surface area contributed by atoms with Gasteiger partial charge >= 0.3 is 0 Å². The molecule has 0 aromatic rings. The van der Waals surface area contributed by atoms with Crippen molar-refractivity contribution in [1.29, 1.82) is 5.26 Å². The Morgan fingerprint density at radius 1 is 1.58 bits per heavy atom. The molecule has 0 saturated carbocycles. The van der Waals surface area contributed by atoms with Crippen LogP contribution in [0, 0.1) is 16.7 Å². The van der Waals surface area contributed by atoms with Crippen LogP contribution in [0.5, 0.6) is 0 Å². The lowest BCUT2D eigenvalue weighted by molar-refractivity contribution is -0.131. The van der Waals surface area contributed by atoms with E-state index in [0.717, 1.165) is 12.8 Å². The minimum absolute atomic E-state index is 0.0382. The molecule has 1 saturated heterocycles. The van der Waals surface area contributed by atoms with E-state index >= 15 is 0 Å². The molecule has 1 rings (SSSR count). The molecule has 1 heterocycles. The fraction of sp³-hybridized carbons (Fsp3) is 0.778. The standard InChI is InChI=1S/C9H13NO2/c1-9(8(11)2-5-10)3-6-12-7-4-9/h2-4,6-7H2,1H3. The zero-order chi connectivity index (χ0) is 9.03. The minimum atomic E-state index is -0.298. The van der Waals surface area contributed by atoms with Crippen LogP contribution in [0.2, 0.25) is 0 Å². The average molecular weight is 167 g/mol. The summed E-state index contributed by atoms with van der Waals surface area (Å²) in [6.45, 7) is 3.22. The molecule has 0 aliphatic carbocycles. The normalized spacial score (nSPS) is 21.3. The fourth-order valence-electron chi connectivity index (χ4n) is 1.39. The van der Waals surface area contributed by atoms with E-state index in [9.17, 15) is 4.79 Å². The van der Waals surface area contributed by atoms with Gasteiger partial charge in [-0.25, -0.2) is 0 Å². The molecule has 0 radical (unpaired) electrons. The van der Waals surface area contributed by atoms with Crippen LogP contribution in [0.4, 0.5) is 0 Å². The first kappa shape index (κ1) is 9.21. The Bertz CT molecular complexity index is 211. The molecular weight excluding hydrogens is 154 g/mol. The van der Waals surface area contributed by atoms with Gasteiger partial charge in [0.1, 0.15) is 0 Å². The Morgan fingerprint density at radius 2 is 2.17 bits per heavy atom. The Hall–Kier alpha value is -0.880. The molecule has 12 heavy (non-hydrogen) atoms. The highest BCUT2D eigenvalue weighted by molar-refractivity contribution is 5.86. The SMILES string of the molecule is CC1(C(=O)CC#N)CCOCC1. The van der Waals surface area contributed by atoms with Crippen LogP contribution >= 0.6 is 0 Å². The van der Waals surface area contributed by atoms with Crippen molar-refractivity contribution in [3.63, 3.8) is 0 Å². The minimum Gasteiger partial charge on any atom is -0.381 e. The van der Waals surface area contributed by atoms with Gasteiger partial charge in [0.2, 0.25) is 0 Å². The predicted molar refractivity (Wildman–Crippen MR) is 43.4 cm³/mol. The number of hydrogen-bond donors (Lipinski definition) is 0. The summed E-state index contributed by atoms with van der Waals surface area (Å²) in [5.74, 6) is 0.0632. The van der Waals surface area contributed by atoms with E-state index in [1.807, 2.05) is 13.0 Å². The molecule has 0 amide bonds. The summed E-state index contributed by atoms with van der Waals surface area (Å²) in [7, 11) is 0. The molecule has 3 heteroatoms. The van der Waals surface area contributed by atoms with Crippen molar-refractivity contribution in [3.8, 4) is 6.07 Å². The highest BCUT2D eigenvalue weighted by Gasteiger charge is 2.34. The van der Waals surface area contributed by atoms with Crippen LogP contribution in [0.15, 0.2) is 0 Å². The van der Waals surface area contributed by atoms with Crippen LogP contribution in [0.1, 0.15) is 26.2 Å². The maximum absolute atomic E-state index is 11.4. The van der Waals surface area contributed by atoms with Gasteiger partial charge in [0.15, 0.2) is 5.78 Å². The number of ketones is 1. The highest BCUT2D eigenvalue weighted by Crippen LogP contribution is 2.31. The largest absolute Gasteiger partial charge is 0.381 e. The second-order valence-corrected chi connectivity index (χ2v) is 3.43. The summed E-state index contributed by atoms with van der Waals surface area (Å²) >= 11 is 0. The molecule has 1 aliphatic heterocycles. The highest BCUT2D eigenvalue weighted by atomic mass is 16.5. The van der Waals surface area contributed by atoms with Crippen LogP contribution in [-0.4, -0.2) is 19.0 Å². The summed E-state index contributed by atoms with van der Waals surface area (Å²) in [6, 6.07) is 1.90. The smallest absolute Gasteiger partial charge is 0.152 e. The van der Waals surface area contributed by atoms with Crippen LogP contribution in [0.3, 0.4) is 0 Å². The monoisotopic (exact) mass is 167 g/mol. The number of Topliss-reactive ketones (excluding diaryl/α,β-unsaturated/α-hetero) is 1. The Balaban J connectivity index is 2.57. The molecule has 1 fully saturated rings. The van der Waals surface area contributed by atoms with E-state index in [0.29, 0.717) is 13.2 Å². The first-order valence-corrected chi connectivity index (χ1v) is 4.17. The summed E-state index contributed by atoms with van der Waals surface area (Å²) in [5.41, 5.74) is -0.298. The van der Waals surface area contributed by atoms with Gasteiger partial charge in [0, 0.05) is 18.6 Å². The van der Waals surface area contributed by atoms with Crippen molar-refractivity contribution < 1.29 is 9.53 Å². The summed E-state index contributed by atoms with van der Waals surface area (Å²) in [4.78, 5) is 11.4. The number of nitrogens with zero attached hydrogens (tertiary/aromatic N) is 1. The van der Waals surface area contributed by atoms with Crippen molar-refractivity contribution in [1.82, 2.24) is 0 Å². The average Bonchev–Trinajstić information content (AvgIpc) is 2.06. The lowest BCUT2D eigenvalue weighted by atomic mass is 9.77. The van der Waals surface area contributed by atoms with Gasteiger partial charge in [-0.1, -0.05) is 6.92 Å². The van der Waals surface area contributed by atoms with E-state index in [4.69, 9.17) is 10.00 Å². The fourth-order valence-corrected chi connectivity index (χ4v) is 1.39. The number of nitriles is 1. The molecule has 1 aliphatic rings. The number of ether oxygens (including phenoxy) is 1. The van der Waals surface area contributed by atoms with Crippen molar-refractivity contribution in [2.24, 2.45) is 5.41 Å². The molecule has 0 atom stereocenters. The maximum atomic E-state index is 11.4. The van der Waals surface area contributed by atoms with Crippen molar-refractivity contribution in [2.45, 2.75) is 26.2 Å². The summed E-state index contributed by atoms with van der Waals surface area (Å²) in [5, 5.41) is 8.38. The summed E-state index contributed by atoms with van der Waals surface area (Å²) < 4.78 is 5.16. The Morgan fingerprint density at radius 3 is 2.67 bits per heavy atom. The third-order valence-electron chi connectivity index (χ3n) is 2.51. The van der Waals surface area contributed by atoms with Gasteiger partial charge in [-0.15, -0.1) is 0 Å². The molecular formula is C9H13NO2. The Kier molecular flexibility index (Phi) is 2.83. The first-order chi connectivity index (χ1) is 5.69. The first-order valence-electron chi connectivity index (χ1n) is 4.17. The van der Waals surface area contributed by atoms with Crippen LogP contribution in [0.25, 0.3) is 0 Å². The van der Waals surface area contributed by atoms with Crippen molar-refractivity contribution in [3.05, 3.63) is 0 Å². The second-order valence-electron chi connectivity index (χ2n) is 3.43. The molecule has 0 spiro atoms. The molecule has 3 nitrogen and oxygen atoms in total. The van der Waals surface area contributed by atoms with E-state index in [1.54, 1.807) is 0 Å². The lowest BCUT2D eigenvalue weighted by Gasteiger charge is -2.31. The predicted octanol–water partition coefficient (Wildman–Crippen LogP) is 1.29. The molecule has 66 valence electrons. The third kappa shape index (κ3) is 1.83. The van der Waals surface area contributed by atoms with Gasteiger partial charge < -0.3 is 4.74 Å². The van der Waals surface area contributed by atoms with E-state index < -0.39 is 0 Å². The number of carbonyl (C=O) groups is 1. The van der Waals surface area contributed by atoms with E-state index in [2.05, 4.69) is 0 Å². The molecule has 0 N–H and O–H groups in total. The van der Waals surface area contributed by atoms with Gasteiger partial charge in [-0.3, -0.25) is 4.79 Å². The molecule has 0 aromatic carbocycles. The van der Waals surface area contributed by atoms with Crippen molar-refractivity contribution in [2.75, 3.05) is 13.2 Å². The van der Waals surface area contributed by atoms with Gasteiger partial charge in [0.05, 0.1) is 12.5 Å². The number of hydrogen-bond acceptors (Lipinski definition) is 3. The zero-order valence-corrected chi connectivity index (χ0v) is 7.30. The number of carbonyl (C=O) groups excluding carboxylic acids is 1. The summed E-state index contributed by atoms with van der Waals surface area (Å²) in [6.07, 6.45) is 1.55. The Labute approximate surface area is 72.3 Å². The third-order valence-corrected chi connectivity index (χ3v) is 2.51. The molecule has 0 bridgehead atoms. The van der Waals surface area contributed by atoms with Gasteiger partial charge in [-0.05, 0) is 12.8 Å². The van der Waals surface area contributed by atoms with Crippen LogP contribution in [-0.2, 0) is 9.53 Å². The van der Waals surface area contributed by atoms with Crippen molar-refractivity contribution >= 4 is 5.78 Å². The zero-order valence-electron chi connectivity index (χ0n) is 7.30. The topological polar surface area (TPSA) is 50.1 Å². The van der Waals surface area contributed by atoms with Crippen LogP contribution < -0.4 is 0 Å². The van der Waals surface area contributed by atoms with E-state index in [1.165, 1.54) is 0 Å². The maximum Gasteiger partial charge on any atom is 0.152 e.